The van der Waals surface area contributed by atoms with E-state index in [4.69, 9.17) is 42.1 Å². The van der Waals surface area contributed by atoms with Crippen LogP contribution in [0.5, 0.6) is 17.2 Å². The van der Waals surface area contributed by atoms with Gasteiger partial charge in [0.1, 0.15) is 17.6 Å². The summed E-state index contributed by atoms with van der Waals surface area (Å²) >= 11 is 12.9. The molecule has 1 saturated heterocycles. The van der Waals surface area contributed by atoms with E-state index in [0.29, 0.717) is 48.1 Å². The van der Waals surface area contributed by atoms with Crippen molar-refractivity contribution < 1.29 is 42.1 Å². The zero-order chi connectivity index (χ0) is 35.9. The van der Waals surface area contributed by atoms with Crippen molar-refractivity contribution in [2.75, 3.05) is 26.8 Å². The van der Waals surface area contributed by atoms with E-state index >= 15 is 0 Å². The topological polar surface area (TPSA) is 116 Å². The summed E-state index contributed by atoms with van der Waals surface area (Å²) in [6.07, 6.45) is 3.33. The molecule has 1 aliphatic carbocycles. The molecular formula is C36H39Cl2F2N3O7. The van der Waals surface area contributed by atoms with Crippen LogP contribution in [-0.2, 0) is 27.2 Å². The molecule has 1 amide bonds. The molecule has 3 atom stereocenters. The quantitative estimate of drug-likeness (QED) is 0.136. The molecular weight excluding hydrogens is 695 g/mol. The lowest BCUT2D eigenvalue weighted by atomic mass is 10.00. The van der Waals surface area contributed by atoms with Gasteiger partial charge in [-0.2, -0.15) is 8.78 Å². The van der Waals surface area contributed by atoms with Crippen LogP contribution in [-0.4, -0.2) is 73.0 Å². The summed E-state index contributed by atoms with van der Waals surface area (Å²) in [6, 6.07) is 8.94. The smallest absolute Gasteiger partial charge is 0.387 e. The number of halogens is 4. The Balaban J connectivity index is 1.39. The van der Waals surface area contributed by atoms with Crippen molar-refractivity contribution in [1.82, 2.24) is 15.2 Å². The first-order valence-corrected chi connectivity index (χ1v) is 17.1. The molecule has 2 heterocycles. The Morgan fingerprint density at radius 1 is 1.02 bits per heavy atom. The number of esters is 1. The van der Waals surface area contributed by atoms with Crippen molar-refractivity contribution in [3.8, 4) is 17.2 Å². The lowest BCUT2D eigenvalue weighted by molar-refractivity contribution is -0.138. The minimum Gasteiger partial charge on any atom is -0.496 e. The average molecular weight is 735 g/mol. The molecule has 2 fully saturated rings. The van der Waals surface area contributed by atoms with Crippen molar-refractivity contribution in [3.05, 3.63) is 81.1 Å². The van der Waals surface area contributed by atoms with Gasteiger partial charge in [0.2, 0.25) is 5.91 Å². The molecule has 3 aromatic rings. The summed E-state index contributed by atoms with van der Waals surface area (Å²) in [5.74, 6) is -0.727. The summed E-state index contributed by atoms with van der Waals surface area (Å²) in [7, 11) is 1.44. The molecule has 10 nitrogen and oxygen atoms in total. The molecule has 268 valence electrons. The number of pyridine rings is 1. The highest BCUT2D eigenvalue weighted by Crippen LogP contribution is 2.38. The predicted octanol–water partition coefficient (Wildman–Crippen LogP) is 6.64. The number of benzene rings is 2. The number of rotatable bonds is 15. The number of nitrogens with one attached hydrogen (secondary N) is 1. The van der Waals surface area contributed by atoms with Crippen molar-refractivity contribution in [3.63, 3.8) is 0 Å². The van der Waals surface area contributed by atoms with Crippen LogP contribution < -0.4 is 19.5 Å². The third-order valence-corrected chi connectivity index (χ3v) is 9.31. The third-order valence-electron chi connectivity index (χ3n) is 8.66. The van der Waals surface area contributed by atoms with Gasteiger partial charge in [0.25, 0.3) is 0 Å². The summed E-state index contributed by atoms with van der Waals surface area (Å²) in [5, 5.41) is 3.80. The number of ketones is 1. The van der Waals surface area contributed by atoms with Crippen molar-refractivity contribution in [1.29, 1.82) is 0 Å². The number of methoxy groups -OCH3 is 1. The maximum atomic E-state index is 13.7. The molecule has 1 N–H and O–H groups in total. The van der Waals surface area contributed by atoms with Crippen LogP contribution in [0.1, 0.15) is 66.3 Å². The molecule has 5 rings (SSSR count). The highest BCUT2D eigenvalue weighted by atomic mass is 35.5. The minimum absolute atomic E-state index is 0.00963. The van der Waals surface area contributed by atoms with Crippen LogP contribution in [0.15, 0.2) is 48.8 Å². The third kappa shape index (κ3) is 9.82. The van der Waals surface area contributed by atoms with E-state index in [-0.39, 0.29) is 70.1 Å². The van der Waals surface area contributed by atoms with Gasteiger partial charge in [-0.15, -0.1) is 0 Å². The predicted molar refractivity (Wildman–Crippen MR) is 182 cm³/mol. The second-order valence-electron chi connectivity index (χ2n) is 12.6. The number of hydrogen-bond donors (Lipinski definition) is 1. The Morgan fingerprint density at radius 2 is 1.74 bits per heavy atom. The number of carbonyl (C=O) groups is 3. The second kappa shape index (κ2) is 16.8. The fourth-order valence-electron chi connectivity index (χ4n) is 5.72. The average Bonchev–Trinajstić information content (AvgIpc) is 3.91. The number of nitrogens with zero attached hydrogens (tertiary/aromatic N) is 2. The van der Waals surface area contributed by atoms with E-state index in [9.17, 15) is 23.2 Å². The van der Waals surface area contributed by atoms with Gasteiger partial charge in [0, 0.05) is 56.0 Å². The summed E-state index contributed by atoms with van der Waals surface area (Å²) in [4.78, 5) is 45.6. The van der Waals surface area contributed by atoms with Crippen LogP contribution in [0.3, 0.4) is 0 Å². The highest BCUT2D eigenvalue weighted by Gasteiger charge is 2.29. The number of hydrogen-bond acceptors (Lipinski definition) is 9. The molecule has 2 aliphatic rings. The van der Waals surface area contributed by atoms with Gasteiger partial charge in [0.05, 0.1) is 35.7 Å². The van der Waals surface area contributed by atoms with Crippen LogP contribution in [0.2, 0.25) is 10.0 Å². The lowest BCUT2D eigenvalue weighted by Crippen LogP contribution is -2.56. The molecule has 1 saturated carbocycles. The fraction of sp³-hybridized carbons (Fsp3) is 0.444. The molecule has 0 radical (unpaired) electrons. The monoisotopic (exact) mass is 733 g/mol. The standard InChI is InChI=1S/C36H39Cl2F2N3O7/c1-20-18-43(21(2)15-42-20)34(45)13-26(44)11-25-10-24(7-8-30(25)47-3)35(46)49-32(14-27-28(37)16-41-17-29(27)38)23-6-9-31(50-36(39)40)33(12-23)48-19-22-4-5-22/h6-10,12,16-17,20-22,32,36,42H,4-5,11,13-15,18-19H2,1-3H3/t20-,21+,32+/m1/s1. The number of alkyl halides is 2. The summed E-state index contributed by atoms with van der Waals surface area (Å²) < 4.78 is 48.5. The number of amides is 1. The van der Waals surface area contributed by atoms with Crippen LogP contribution in [0.4, 0.5) is 8.78 Å². The maximum absolute atomic E-state index is 13.7. The lowest BCUT2D eigenvalue weighted by Gasteiger charge is -2.37. The number of carbonyl (C=O) groups excluding carboxylic acids is 3. The molecule has 2 aromatic carbocycles. The number of Topliss-reactive ketones (excluding diaryl/α,β-unsaturated/α-hetero) is 1. The maximum Gasteiger partial charge on any atom is 0.387 e. The summed E-state index contributed by atoms with van der Waals surface area (Å²) in [6.45, 7) is 2.30. The van der Waals surface area contributed by atoms with E-state index < -0.39 is 18.7 Å². The van der Waals surface area contributed by atoms with Crippen LogP contribution in [0.25, 0.3) is 0 Å². The Kier molecular flexibility index (Phi) is 12.5. The zero-order valence-electron chi connectivity index (χ0n) is 27.9. The molecule has 0 unspecified atom stereocenters. The van der Waals surface area contributed by atoms with E-state index in [0.717, 1.165) is 12.8 Å². The first kappa shape index (κ1) is 37.3. The van der Waals surface area contributed by atoms with Crippen molar-refractivity contribution in [2.45, 2.75) is 70.8 Å². The van der Waals surface area contributed by atoms with Gasteiger partial charge in [0.15, 0.2) is 11.5 Å². The Hall–Kier alpha value is -4.00. The SMILES string of the molecule is COc1ccc(C(=O)O[C@@H](Cc2c(Cl)cncc2Cl)c2ccc(OC(F)F)c(OCC3CC3)c2)cc1CC(=O)CC(=O)N1C[C@@H](C)NC[C@@H]1C. The number of piperazine rings is 1. The molecule has 1 aliphatic heterocycles. The van der Waals surface area contributed by atoms with Gasteiger partial charge < -0.3 is 29.2 Å². The highest BCUT2D eigenvalue weighted by molar-refractivity contribution is 6.35. The fourth-order valence-corrected chi connectivity index (χ4v) is 6.24. The van der Waals surface area contributed by atoms with Gasteiger partial charge in [-0.05, 0) is 74.1 Å². The minimum atomic E-state index is -3.07. The molecule has 0 bridgehead atoms. The molecule has 0 spiro atoms. The molecule has 14 heteroatoms. The van der Waals surface area contributed by atoms with Crippen LogP contribution in [0, 0.1) is 5.92 Å². The first-order valence-electron chi connectivity index (χ1n) is 16.3. The first-order chi connectivity index (χ1) is 23.9. The zero-order valence-corrected chi connectivity index (χ0v) is 29.4. The van der Waals surface area contributed by atoms with Gasteiger partial charge >= 0.3 is 12.6 Å². The molecule has 1 aromatic heterocycles. The van der Waals surface area contributed by atoms with Crippen molar-refractivity contribution >= 4 is 40.9 Å². The van der Waals surface area contributed by atoms with Crippen LogP contribution >= 0.6 is 23.2 Å². The van der Waals surface area contributed by atoms with E-state index in [1.807, 2.05) is 13.8 Å². The normalized spacial score (nSPS) is 18.0. The second-order valence-corrected chi connectivity index (χ2v) is 13.5. The molecule has 50 heavy (non-hydrogen) atoms. The summed E-state index contributed by atoms with van der Waals surface area (Å²) in [5.41, 5.74) is 1.38. The Bertz CT molecular complexity index is 1690. The van der Waals surface area contributed by atoms with E-state index in [1.54, 1.807) is 11.0 Å². The van der Waals surface area contributed by atoms with E-state index in [2.05, 4.69) is 10.3 Å². The van der Waals surface area contributed by atoms with Gasteiger partial charge in [-0.3, -0.25) is 14.6 Å². The number of aromatic nitrogens is 1. The Morgan fingerprint density at radius 3 is 2.42 bits per heavy atom. The number of ether oxygens (including phenoxy) is 4. The van der Waals surface area contributed by atoms with Gasteiger partial charge in [-0.25, -0.2) is 4.79 Å². The van der Waals surface area contributed by atoms with E-state index in [1.165, 1.54) is 49.8 Å². The Labute approximate surface area is 299 Å². The largest absolute Gasteiger partial charge is 0.496 e. The van der Waals surface area contributed by atoms with Crippen molar-refractivity contribution in [2.24, 2.45) is 5.92 Å². The van der Waals surface area contributed by atoms with Gasteiger partial charge in [-0.1, -0.05) is 29.3 Å².